The van der Waals surface area contributed by atoms with Crippen LogP contribution in [0.4, 0.5) is 11.4 Å². The summed E-state index contributed by atoms with van der Waals surface area (Å²) in [4.78, 5) is 32.7. The molecule has 0 fully saturated rings. The van der Waals surface area contributed by atoms with Crippen molar-refractivity contribution >= 4 is 39.0 Å². The maximum Gasteiger partial charge on any atom is 0.273 e. The van der Waals surface area contributed by atoms with Gasteiger partial charge >= 0.3 is 0 Å². The quantitative estimate of drug-likeness (QED) is 0.398. The van der Waals surface area contributed by atoms with Crippen LogP contribution < -0.4 is 5.32 Å². The summed E-state index contributed by atoms with van der Waals surface area (Å²) in [7, 11) is 0. The van der Waals surface area contributed by atoms with E-state index in [0.29, 0.717) is 11.3 Å². The zero-order chi connectivity index (χ0) is 19.7. The Bertz CT molecular complexity index is 1170. The second-order valence-electron chi connectivity index (χ2n) is 6.14. The molecular weight excluding hydrogens is 376 g/mol. The summed E-state index contributed by atoms with van der Waals surface area (Å²) >= 11 is 1.50. The lowest BCUT2D eigenvalue weighted by atomic mass is 10.1. The highest BCUT2D eigenvalue weighted by molar-refractivity contribution is 7.21. The van der Waals surface area contributed by atoms with Crippen LogP contribution in [0, 0.1) is 17.0 Å². The van der Waals surface area contributed by atoms with Crippen LogP contribution in [0.1, 0.15) is 15.9 Å². The number of thiazole rings is 1. The molecular formula is C20H14N4O3S. The van der Waals surface area contributed by atoms with Gasteiger partial charge < -0.3 is 5.32 Å². The van der Waals surface area contributed by atoms with Gasteiger partial charge in [0.15, 0.2) is 0 Å². The van der Waals surface area contributed by atoms with Gasteiger partial charge in [-0.05, 0) is 49.4 Å². The summed E-state index contributed by atoms with van der Waals surface area (Å²) in [5.41, 5.74) is 3.03. The molecule has 2 aromatic carbocycles. The molecule has 28 heavy (non-hydrogen) atoms. The number of carbonyl (C=O) groups excluding carboxylic acids is 1. The number of anilines is 1. The largest absolute Gasteiger partial charge is 0.322 e. The number of benzene rings is 2. The van der Waals surface area contributed by atoms with Crippen molar-refractivity contribution < 1.29 is 9.72 Å². The first-order valence-corrected chi connectivity index (χ1v) is 9.21. The number of hydrogen-bond donors (Lipinski definition) is 1. The topological polar surface area (TPSA) is 98.0 Å². The molecule has 2 aromatic heterocycles. The predicted octanol–water partition coefficient (Wildman–Crippen LogP) is 4.83. The van der Waals surface area contributed by atoms with E-state index < -0.39 is 10.8 Å². The van der Waals surface area contributed by atoms with Gasteiger partial charge in [-0.15, -0.1) is 0 Å². The number of nitro groups is 1. The van der Waals surface area contributed by atoms with E-state index in [9.17, 15) is 14.9 Å². The summed E-state index contributed by atoms with van der Waals surface area (Å²) in [6.07, 6.45) is 1.73. The minimum Gasteiger partial charge on any atom is -0.322 e. The molecule has 0 unspecified atom stereocenters. The van der Waals surface area contributed by atoms with E-state index in [4.69, 9.17) is 0 Å². The monoisotopic (exact) mass is 390 g/mol. The Labute approximate surface area is 163 Å². The third-order valence-electron chi connectivity index (χ3n) is 4.22. The van der Waals surface area contributed by atoms with E-state index in [2.05, 4.69) is 15.3 Å². The number of nitrogens with one attached hydrogen (secondary N) is 1. The van der Waals surface area contributed by atoms with E-state index in [1.54, 1.807) is 37.4 Å². The molecule has 4 rings (SSSR count). The number of carbonyl (C=O) groups is 1. The van der Waals surface area contributed by atoms with Crippen molar-refractivity contribution in [2.45, 2.75) is 6.92 Å². The molecule has 0 saturated heterocycles. The first kappa shape index (κ1) is 17.7. The van der Waals surface area contributed by atoms with Crippen LogP contribution in [0.2, 0.25) is 0 Å². The molecule has 0 atom stereocenters. The number of hydrogen-bond acceptors (Lipinski definition) is 6. The predicted molar refractivity (Wildman–Crippen MR) is 109 cm³/mol. The van der Waals surface area contributed by atoms with E-state index >= 15 is 0 Å². The highest BCUT2D eigenvalue weighted by Crippen LogP contribution is 2.29. The van der Waals surface area contributed by atoms with Crippen molar-refractivity contribution in [3.63, 3.8) is 0 Å². The average molecular weight is 390 g/mol. The third kappa shape index (κ3) is 3.45. The smallest absolute Gasteiger partial charge is 0.273 e. The van der Waals surface area contributed by atoms with Gasteiger partial charge in [0.2, 0.25) is 0 Å². The van der Waals surface area contributed by atoms with Gasteiger partial charge in [-0.1, -0.05) is 17.4 Å². The Morgan fingerprint density at radius 3 is 2.64 bits per heavy atom. The molecule has 0 aliphatic heterocycles. The Hall–Kier alpha value is -3.65. The Kier molecular flexibility index (Phi) is 4.54. The molecule has 0 bridgehead atoms. The van der Waals surface area contributed by atoms with Crippen LogP contribution in [-0.2, 0) is 0 Å². The molecule has 2 heterocycles. The highest BCUT2D eigenvalue weighted by Gasteiger charge is 2.15. The molecule has 1 N–H and O–H groups in total. The Morgan fingerprint density at radius 1 is 1.14 bits per heavy atom. The van der Waals surface area contributed by atoms with E-state index in [-0.39, 0.29) is 11.3 Å². The molecule has 0 spiro atoms. The summed E-state index contributed by atoms with van der Waals surface area (Å²) < 4.78 is 0. The molecule has 138 valence electrons. The normalized spacial score (nSPS) is 10.8. The van der Waals surface area contributed by atoms with Gasteiger partial charge in [0.25, 0.3) is 11.6 Å². The van der Waals surface area contributed by atoms with Crippen LogP contribution >= 0.6 is 11.3 Å². The number of nitrogens with zero attached hydrogens (tertiary/aromatic N) is 3. The van der Waals surface area contributed by atoms with Crippen molar-refractivity contribution in [3.8, 4) is 10.6 Å². The van der Waals surface area contributed by atoms with E-state index in [1.165, 1.54) is 17.4 Å². The van der Waals surface area contributed by atoms with Crippen molar-refractivity contribution in [2.75, 3.05) is 5.32 Å². The standard InChI is InChI=1S/C20H14N4O3S/c1-12-4-5-14(11-17(12)24(26)27)18(25)22-15-8-6-13(7-9-15)19-23-16-3-2-10-21-20(16)28-19/h2-11H,1H3,(H,22,25). The molecule has 7 nitrogen and oxygen atoms in total. The fourth-order valence-corrected chi connectivity index (χ4v) is 3.65. The van der Waals surface area contributed by atoms with Gasteiger partial charge in [0.05, 0.1) is 4.92 Å². The van der Waals surface area contributed by atoms with Crippen molar-refractivity contribution in [1.82, 2.24) is 9.97 Å². The number of amides is 1. The Morgan fingerprint density at radius 2 is 1.93 bits per heavy atom. The number of aromatic nitrogens is 2. The molecule has 1 amide bonds. The minimum absolute atomic E-state index is 0.0764. The van der Waals surface area contributed by atoms with Gasteiger partial charge in [-0.3, -0.25) is 14.9 Å². The second-order valence-corrected chi connectivity index (χ2v) is 7.11. The number of pyridine rings is 1. The second kappa shape index (κ2) is 7.16. The molecule has 8 heteroatoms. The SMILES string of the molecule is Cc1ccc(C(=O)Nc2ccc(-c3nc4cccnc4s3)cc2)cc1[N+](=O)[O-]. The zero-order valence-electron chi connectivity index (χ0n) is 14.7. The summed E-state index contributed by atoms with van der Waals surface area (Å²) in [6, 6.07) is 15.5. The first-order valence-electron chi connectivity index (χ1n) is 8.39. The summed E-state index contributed by atoms with van der Waals surface area (Å²) in [6.45, 7) is 1.64. The van der Waals surface area contributed by atoms with Gasteiger partial charge in [0, 0.05) is 34.6 Å². The van der Waals surface area contributed by atoms with Gasteiger partial charge in [0.1, 0.15) is 15.4 Å². The minimum atomic E-state index is -0.492. The first-order chi connectivity index (χ1) is 13.5. The molecule has 4 aromatic rings. The number of nitro benzene ring substituents is 1. The van der Waals surface area contributed by atoms with Gasteiger partial charge in [-0.25, -0.2) is 9.97 Å². The highest BCUT2D eigenvalue weighted by atomic mass is 32.1. The van der Waals surface area contributed by atoms with Crippen LogP contribution in [-0.4, -0.2) is 20.8 Å². The lowest BCUT2D eigenvalue weighted by molar-refractivity contribution is -0.385. The fourth-order valence-electron chi connectivity index (χ4n) is 2.74. The summed E-state index contributed by atoms with van der Waals surface area (Å²) in [5.74, 6) is -0.403. The molecule has 0 saturated carbocycles. The lowest BCUT2D eigenvalue weighted by Gasteiger charge is -2.07. The average Bonchev–Trinajstić information content (AvgIpc) is 3.13. The van der Waals surface area contributed by atoms with Gasteiger partial charge in [-0.2, -0.15) is 0 Å². The van der Waals surface area contributed by atoms with Crippen LogP contribution in [0.3, 0.4) is 0 Å². The number of rotatable bonds is 4. The molecule has 0 radical (unpaired) electrons. The van der Waals surface area contributed by atoms with E-state index in [0.717, 1.165) is 20.9 Å². The van der Waals surface area contributed by atoms with Crippen LogP contribution in [0.5, 0.6) is 0 Å². The Balaban J connectivity index is 1.54. The number of aryl methyl sites for hydroxylation is 1. The van der Waals surface area contributed by atoms with Crippen molar-refractivity contribution in [1.29, 1.82) is 0 Å². The maximum atomic E-state index is 12.4. The van der Waals surface area contributed by atoms with Crippen LogP contribution in [0.25, 0.3) is 20.9 Å². The van der Waals surface area contributed by atoms with Crippen LogP contribution in [0.15, 0.2) is 60.8 Å². The van der Waals surface area contributed by atoms with Crippen molar-refractivity contribution in [3.05, 3.63) is 82.0 Å². The maximum absolute atomic E-state index is 12.4. The third-order valence-corrected chi connectivity index (χ3v) is 5.25. The lowest BCUT2D eigenvalue weighted by Crippen LogP contribution is -2.12. The van der Waals surface area contributed by atoms with Crippen molar-refractivity contribution in [2.24, 2.45) is 0 Å². The zero-order valence-corrected chi connectivity index (χ0v) is 15.6. The summed E-state index contributed by atoms with van der Waals surface area (Å²) in [5, 5.41) is 14.7. The molecule has 0 aliphatic rings. The molecule has 0 aliphatic carbocycles. The fraction of sp³-hybridized carbons (Fsp3) is 0.0500. The number of fused-ring (bicyclic) bond motifs is 1. The van der Waals surface area contributed by atoms with E-state index in [1.807, 2.05) is 24.3 Å².